The van der Waals surface area contributed by atoms with E-state index >= 15 is 4.39 Å². The van der Waals surface area contributed by atoms with Gasteiger partial charge in [-0.3, -0.25) is 9.20 Å². The van der Waals surface area contributed by atoms with Crippen molar-refractivity contribution in [3.8, 4) is 34.7 Å². The van der Waals surface area contributed by atoms with Gasteiger partial charge in [-0.1, -0.05) is 12.0 Å². The first-order valence-corrected chi connectivity index (χ1v) is 10.9. The molecule has 1 fully saturated rings. The first kappa shape index (κ1) is 21.5. The Morgan fingerprint density at radius 1 is 1.18 bits per heavy atom. The van der Waals surface area contributed by atoms with E-state index in [0.29, 0.717) is 23.7 Å². The maximum atomic E-state index is 15.0. The largest absolute Gasteiger partial charge is 0.436 e. The van der Waals surface area contributed by atoms with Gasteiger partial charge in [-0.2, -0.15) is 0 Å². The summed E-state index contributed by atoms with van der Waals surface area (Å²) in [5.74, 6) is 5.25. The predicted octanol–water partition coefficient (Wildman–Crippen LogP) is 4.60. The normalized spacial score (nSPS) is 15.2. The van der Waals surface area contributed by atoms with Gasteiger partial charge in [0.25, 0.3) is 5.91 Å². The van der Waals surface area contributed by atoms with Crippen molar-refractivity contribution in [2.75, 3.05) is 12.3 Å². The summed E-state index contributed by atoms with van der Waals surface area (Å²) in [6, 6.07) is 13.6. The molecule has 4 aromatic rings. The summed E-state index contributed by atoms with van der Waals surface area (Å²) in [6.45, 7) is 2.29. The van der Waals surface area contributed by atoms with Gasteiger partial charge in [0.15, 0.2) is 11.6 Å². The maximum absolute atomic E-state index is 15.0. The van der Waals surface area contributed by atoms with E-state index in [1.165, 1.54) is 6.07 Å². The van der Waals surface area contributed by atoms with Crippen molar-refractivity contribution in [2.24, 2.45) is 0 Å². The summed E-state index contributed by atoms with van der Waals surface area (Å²) in [6.07, 6.45) is 4.90. The van der Waals surface area contributed by atoms with Crippen LogP contribution in [-0.2, 0) is 4.79 Å². The topological polar surface area (TPSA) is 85.8 Å². The smallest absolute Gasteiger partial charge is 0.298 e. The number of amides is 1. The van der Waals surface area contributed by atoms with Gasteiger partial charge < -0.3 is 15.4 Å². The molecule has 1 unspecified atom stereocenters. The number of anilines is 1. The SMILES string of the molecule is CC#CC(=O)N1CCCC1c1cc(-c2ccc(Oc3ccccn3)c(F)c2)n2c(N)nccc12. The van der Waals surface area contributed by atoms with Crippen LogP contribution in [0.4, 0.5) is 10.3 Å². The molecule has 0 radical (unpaired) electrons. The number of halogens is 1. The Morgan fingerprint density at radius 2 is 2.06 bits per heavy atom. The molecule has 1 aliphatic heterocycles. The lowest BCUT2D eigenvalue weighted by molar-refractivity contribution is -0.125. The minimum Gasteiger partial charge on any atom is -0.436 e. The third kappa shape index (κ3) is 3.82. The Hall–Kier alpha value is -4.38. The average Bonchev–Trinajstić information content (AvgIpc) is 3.47. The zero-order valence-corrected chi connectivity index (χ0v) is 18.5. The Labute approximate surface area is 196 Å². The third-order valence-corrected chi connectivity index (χ3v) is 5.92. The molecule has 170 valence electrons. The summed E-state index contributed by atoms with van der Waals surface area (Å²) >= 11 is 0. The van der Waals surface area contributed by atoms with Crippen molar-refractivity contribution < 1.29 is 13.9 Å². The number of pyridine rings is 1. The Kier molecular flexibility index (Phi) is 5.60. The number of carbonyl (C=O) groups excluding carboxylic acids is 1. The van der Waals surface area contributed by atoms with Crippen molar-refractivity contribution in [3.63, 3.8) is 0 Å². The average molecular weight is 455 g/mol. The van der Waals surface area contributed by atoms with Crippen LogP contribution in [0.2, 0.25) is 0 Å². The summed E-state index contributed by atoms with van der Waals surface area (Å²) in [7, 11) is 0. The fourth-order valence-electron chi connectivity index (χ4n) is 4.46. The van der Waals surface area contributed by atoms with Crippen LogP contribution in [0.1, 0.15) is 31.4 Å². The summed E-state index contributed by atoms with van der Waals surface area (Å²) in [4.78, 5) is 22.7. The lowest BCUT2D eigenvalue weighted by Gasteiger charge is -2.22. The molecular weight excluding hydrogens is 433 g/mol. The molecule has 4 heterocycles. The number of carbonyl (C=O) groups is 1. The second-order valence-corrected chi connectivity index (χ2v) is 7.96. The van der Waals surface area contributed by atoms with E-state index in [9.17, 15) is 4.79 Å². The van der Waals surface area contributed by atoms with E-state index < -0.39 is 5.82 Å². The number of aromatic nitrogens is 3. The van der Waals surface area contributed by atoms with E-state index in [1.54, 1.807) is 58.9 Å². The van der Waals surface area contributed by atoms with Crippen molar-refractivity contribution in [2.45, 2.75) is 25.8 Å². The number of nitrogens with zero attached hydrogens (tertiary/aromatic N) is 4. The molecular formula is C26H22FN5O2. The zero-order valence-electron chi connectivity index (χ0n) is 18.5. The first-order chi connectivity index (χ1) is 16.6. The lowest BCUT2D eigenvalue weighted by Crippen LogP contribution is -2.29. The van der Waals surface area contributed by atoms with Crippen molar-refractivity contribution in [3.05, 3.63) is 72.3 Å². The van der Waals surface area contributed by atoms with Gasteiger partial charge in [0, 0.05) is 36.1 Å². The van der Waals surface area contributed by atoms with E-state index in [-0.39, 0.29) is 23.6 Å². The number of hydrogen-bond donors (Lipinski definition) is 1. The van der Waals surface area contributed by atoms with E-state index in [4.69, 9.17) is 10.5 Å². The highest BCUT2D eigenvalue weighted by Gasteiger charge is 2.32. The minimum absolute atomic E-state index is 0.0698. The van der Waals surface area contributed by atoms with Crippen LogP contribution in [0, 0.1) is 17.7 Å². The molecule has 5 rings (SSSR count). The molecule has 7 nitrogen and oxygen atoms in total. The van der Waals surface area contributed by atoms with Crippen LogP contribution < -0.4 is 10.5 Å². The van der Waals surface area contributed by atoms with Crippen LogP contribution in [-0.4, -0.2) is 31.7 Å². The highest BCUT2D eigenvalue weighted by Crippen LogP contribution is 2.39. The molecule has 0 bridgehead atoms. The first-order valence-electron chi connectivity index (χ1n) is 10.9. The van der Waals surface area contributed by atoms with E-state index in [0.717, 1.165) is 23.9 Å². The molecule has 8 heteroatoms. The molecule has 3 aromatic heterocycles. The molecule has 0 saturated carbocycles. The molecule has 1 aromatic carbocycles. The monoisotopic (exact) mass is 455 g/mol. The standard InChI is InChI=1S/C26H22FN5O2/c1-2-6-25(33)31-14-5-7-20(31)18-16-22(32-21(18)11-13-30-26(32)28)17-9-10-23(19(27)15-17)34-24-8-3-4-12-29-24/h3-4,8-13,15-16,20H,5,7,14H2,1H3,(H2,28,30). The fourth-order valence-corrected chi connectivity index (χ4v) is 4.46. The second-order valence-electron chi connectivity index (χ2n) is 7.96. The van der Waals surface area contributed by atoms with Gasteiger partial charge in [-0.05, 0) is 62.1 Å². The van der Waals surface area contributed by atoms with Crippen molar-refractivity contribution in [1.82, 2.24) is 19.3 Å². The Balaban J connectivity index is 1.58. The van der Waals surface area contributed by atoms with E-state index in [1.807, 2.05) is 12.1 Å². The zero-order chi connectivity index (χ0) is 23.7. The number of nitrogens with two attached hydrogens (primary N) is 1. The van der Waals surface area contributed by atoms with Gasteiger partial charge in [0.05, 0.1) is 17.3 Å². The summed E-state index contributed by atoms with van der Waals surface area (Å²) < 4.78 is 22.4. The number of fused-ring (bicyclic) bond motifs is 1. The van der Waals surface area contributed by atoms with Gasteiger partial charge in [0.1, 0.15) is 0 Å². The van der Waals surface area contributed by atoms with Crippen molar-refractivity contribution >= 4 is 17.4 Å². The molecule has 1 atom stereocenters. The van der Waals surface area contributed by atoms with Crippen LogP contribution >= 0.6 is 0 Å². The van der Waals surface area contributed by atoms with E-state index in [2.05, 4.69) is 21.8 Å². The second kappa shape index (κ2) is 8.87. The van der Waals surface area contributed by atoms with Crippen LogP contribution in [0.25, 0.3) is 16.8 Å². The van der Waals surface area contributed by atoms with Crippen LogP contribution in [0.3, 0.4) is 0 Å². The molecule has 2 N–H and O–H groups in total. The fraction of sp³-hybridized carbons (Fsp3) is 0.192. The third-order valence-electron chi connectivity index (χ3n) is 5.92. The molecule has 34 heavy (non-hydrogen) atoms. The van der Waals surface area contributed by atoms with Crippen LogP contribution in [0.5, 0.6) is 11.6 Å². The number of benzene rings is 1. The lowest BCUT2D eigenvalue weighted by atomic mass is 10.0. The number of likely N-dealkylation sites (tertiary alicyclic amines) is 1. The molecule has 1 amide bonds. The Bertz CT molecular complexity index is 1440. The Morgan fingerprint density at radius 3 is 2.82 bits per heavy atom. The molecule has 1 saturated heterocycles. The quantitative estimate of drug-likeness (QED) is 0.455. The maximum Gasteiger partial charge on any atom is 0.298 e. The molecule has 0 spiro atoms. The number of rotatable bonds is 4. The highest BCUT2D eigenvalue weighted by molar-refractivity contribution is 5.94. The van der Waals surface area contributed by atoms with Crippen LogP contribution in [0.15, 0.2) is 60.9 Å². The predicted molar refractivity (Wildman–Crippen MR) is 126 cm³/mol. The number of ether oxygens (including phenoxy) is 1. The van der Waals surface area contributed by atoms with Gasteiger partial charge in [0.2, 0.25) is 11.8 Å². The minimum atomic E-state index is -0.530. The van der Waals surface area contributed by atoms with Crippen molar-refractivity contribution in [1.29, 1.82) is 0 Å². The molecule has 0 aliphatic carbocycles. The van der Waals surface area contributed by atoms with Gasteiger partial charge in [-0.15, -0.1) is 0 Å². The van der Waals surface area contributed by atoms with Gasteiger partial charge >= 0.3 is 0 Å². The molecule has 1 aliphatic rings. The summed E-state index contributed by atoms with van der Waals surface area (Å²) in [5, 5.41) is 0. The number of hydrogen-bond acceptors (Lipinski definition) is 5. The highest BCUT2D eigenvalue weighted by atomic mass is 19.1. The number of nitrogen functional groups attached to an aromatic ring is 1. The van der Waals surface area contributed by atoms with Gasteiger partial charge in [-0.25, -0.2) is 14.4 Å². The summed E-state index contributed by atoms with van der Waals surface area (Å²) in [5.41, 5.74) is 9.29.